The SMILES string of the molecule is CCOCCOc1cc(C)c(-c2cccc(COc3ccc4c(c3)OC3(CC3)C4CC(=O)[O-])c2C)c(C)c1.[Na+]. The number of ether oxygens (including phenoxy) is 4. The van der Waals surface area contributed by atoms with Crippen LogP contribution in [0.15, 0.2) is 48.5 Å². The van der Waals surface area contributed by atoms with Gasteiger partial charge in [-0.3, -0.25) is 0 Å². The fourth-order valence-electron chi connectivity index (χ4n) is 5.66. The van der Waals surface area contributed by atoms with E-state index < -0.39 is 5.97 Å². The van der Waals surface area contributed by atoms with Crippen molar-refractivity contribution in [1.82, 2.24) is 0 Å². The number of rotatable bonds is 11. The maximum absolute atomic E-state index is 11.3. The summed E-state index contributed by atoms with van der Waals surface area (Å²) in [7, 11) is 0. The largest absolute Gasteiger partial charge is 1.00 e. The van der Waals surface area contributed by atoms with E-state index in [1.807, 2.05) is 25.1 Å². The molecular weight excluding hydrogens is 503 g/mol. The van der Waals surface area contributed by atoms with Crippen LogP contribution in [-0.4, -0.2) is 31.4 Å². The molecule has 0 aromatic heterocycles. The number of aliphatic carboxylic acids is 1. The third kappa shape index (κ3) is 6.30. The summed E-state index contributed by atoms with van der Waals surface area (Å²) in [6, 6.07) is 16.2. The van der Waals surface area contributed by atoms with Gasteiger partial charge in [0, 0.05) is 30.1 Å². The minimum Gasteiger partial charge on any atom is -0.550 e. The van der Waals surface area contributed by atoms with Gasteiger partial charge in [0.05, 0.1) is 6.61 Å². The van der Waals surface area contributed by atoms with Crippen LogP contribution in [0.2, 0.25) is 0 Å². The Morgan fingerprint density at radius 2 is 1.74 bits per heavy atom. The van der Waals surface area contributed by atoms with Crippen molar-refractivity contribution < 1.29 is 58.4 Å². The van der Waals surface area contributed by atoms with E-state index in [1.54, 1.807) is 0 Å². The van der Waals surface area contributed by atoms with E-state index in [1.165, 1.54) is 16.7 Å². The summed E-state index contributed by atoms with van der Waals surface area (Å²) in [6.45, 7) is 10.6. The zero-order valence-corrected chi connectivity index (χ0v) is 25.6. The van der Waals surface area contributed by atoms with Gasteiger partial charge in [0.1, 0.15) is 36.1 Å². The summed E-state index contributed by atoms with van der Waals surface area (Å²) in [5.41, 5.74) is 7.56. The Kier molecular flexibility index (Phi) is 9.33. The van der Waals surface area contributed by atoms with Crippen molar-refractivity contribution in [3.8, 4) is 28.4 Å². The van der Waals surface area contributed by atoms with Crippen LogP contribution in [0.25, 0.3) is 11.1 Å². The number of carboxylic acids is 1. The van der Waals surface area contributed by atoms with E-state index in [0.717, 1.165) is 46.6 Å². The van der Waals surface area contributed by atoms with Gasteiger partial charge in [0.2, 0.25) is 0 Å². The van der Waals surface area contributed by atoms with Gasteiger partial charge < -0.3 is 28.8 Å². The Labute approximate surface area is 252 Å². The predicted octanol–water partition coefficient (Wildman–Crippen LogP) is 2.43. The smallest absolute Gasteiger partial charge is 0.550 e. The first-order valence-electron chi connectivity index (χ1n) is 13.4. The molecule has 3 aromatic rings. The molecule has 1 atom stereocenters. The molecule has 0 N–H and O–H groups in total. The van der Waals surface area contributed by atoms with E-state index in [0.29, 0.717) is 32.2 Å². The third-order valence-electron chi connectivity index (χ3n) is 7.74. The van der Waals surface area contributed by atoms with Crippen LogP contribution in [-0.2, 0) is 16.1 Å². The van der Waals surface area contributed by atoms with Crippen LogP contribution >= 0.6 is 0 Å². The van der Waals surface area contributed by atoms with Gasteiger partial charge in [-0.05, 0) is 98.5 Å². The second-order valence-corrected chi connectivity index (χ2v) is 10.4. The molecule has 0 radical (unpaired) electrons. The fourth-order valence-corrected chi connectivity index (χ4v) is 5.66. The summed E-state index contributed by atoms with van der Waals surface area (Å²) in [6.07, 6.45) is 1.74. The molecule has 1 fully saturated rings. The van der Waals surface area contributed by atoms with Gasteiger partial charge in [0.25, 0.3) is 0 Å². The maximum Gasteiger partial charge on any atom is 1.00 e. The summed E-state index contributed by atoms with van der Waals surface area (Å²) >= 11 is 0. The number of fused-ring (bicyclic) bond motifs is 1. The van der Waals surface area contributed by atoms with Crippen LogP contribution in [0.3, 0.4) is 0 Å². The van der Waals surface area contributed by atoms with Crippen LogP contribution in [0.5, 0.6) is 17.2 Å². The van der Waals surface area contributed by atoms with Crippen LogP contribution in [0, 0.1) is 20.8 Å². The number of benzene rings is 3. The van der Waals surface area contributed by atoms with E-state index in [2.05, 4.69) is 51.1 Å². The molecule has 0 saturated heterocycles. The summed E-state index contributed by atoms with van der Waals surface area (Å²) in [4.78, 5) is 11.3. The molecule has 39 heavy (non-hydrogen) atoms. The molecule has 1 saturated carbocycles. The molecular formula is C32H35NaO6. The molecule has 1 aliphatic heterocycles. The van der Waals surface area contributed by atoms with Crippen molar-refractivity contribution in [2.45, 2.75) is 65.1 Å². The van der Waals surface area contributed by atoms with Gasteiger partial charge in [-0.2, -0.15) is 0 Å². The monoisotopic (exact) mass is 538 g/mol. The Morgan fingerprint density at radius 1 is 1.00 bits per heavy atom. The van der Waals surface area contributed by atoms with E-state index in [9.17, 15) is 9.90 Å². The minimum atomic E-state index is -1.04. The Bertz CT molecular complexity index is 1320. The van der Waals surface area contributed by atoms with Crippen molar-refractivity contribution >= 4 is 5.97 Å². The molecule has 200 valence electrons. The Morgan fingerprint density at radius 3 is 2.41 bits per heavy atom. The normalized spacial score (nSPS) is 16.3. The van der Waals surface area contributed by atoms with Crippen molar-refractivity contribution in [3.63, 3.8) is 0 Å². The van der Waals surface area contributed by atoms with Gasteiger partial charge in [-0.25, -0.2) is 0 Å². The van der Waals surface area contributed by atoms with Crippen LogP contribution < -0.4 is 48.9 Å². The van der Waals surface area contributed by atoms with E-state index in [-0.39, 0.29) is 47.5 Å². The van der Waals surface area contributed by atoms with Crippen molar-refractivity contribution in [3.05, 3.63) is 76.3 Å². The molecule has 1 aliphatic carbocycles. The van der Waals surface area contributed by atoms with Crippen molar-refractivity contribution in [2.75, 3.05) is 19.8 Å². The van der Waals surface area contributed by atoms with Gasteiger partial charge in [0.15, 0.2) is 0 Å². The molecule has 7 heteroatoms. The molecule has 1 spiro atoms. The van der Waals surface area contributed by atoms with Crippen LogP contribution in [0.4, 0.5) is 0 Å². The topological polar surface area (TPSA) is 77.0 Å². The van der Waals surface area contributed by atoms with Gasteiger partial charge >= 0.3 is 29.6 Å². The van der Waals surface area contributed by atoms with Crippen molar-refractivity contribution in [2.24, 2.45) is 0 Å². The van der Waals surface area contributed by atoms with E-state index in [4.69, 9.17) is 18.9 Å². The maximum atomic E-state index is 11.3. The zero-order valence-electron chi connectivity index (χ0n) is 23.6. The summed E-state index contributed by atoms with van der Waals surface area (Å²) < 4.78 is 23.7. The Hall–Kier alpha value is -2.51. The number of carbonyl (C=O) groups is 1. The molecule has 1 heterocycles. The molecule has 2 aliphatic rings. The number of carboxylic acid groups (broad SMARTS) is 1. The average molecular weight is 539 g/mol. The first-order chi connectivity index (χ1) is 18.3. The van der Waals surface area contributed by atoms with Crippen molar-refractivity contribution in [1.29, 1.82) is 0 Å². The second-order valence-electron chi connectivity index (χ2n) is 10.4. The van der Waals surface area contributed by atoms with Gasteiger partial charge in [-0.15, -0.1) is 0 Å². The fraction of sp³-hybridized carbons (Fsp3) is 0.406. The van der Waals surface area contributed by atoms with E-state index >= 15 is 0 Å². The molecule has 0 amide bonds. The third-order valence-corrected chi connectivity index (χ3v) is 7.74. The molecule has 3 aromatic carbocycles. The summed E-state index contributed by atoms with van der Waals surface area (Å²) in [5.74, 6) is 1.10. The zero-order chi connectivity index (χ0) is 26.9. The Balaban J connectivity index is 0.00000353. The molecule has 5 rings (SSSR count). The second kappa shape index (κ2) is 12.3. The number of hydrogen-bond donors (Lipinski definition) is 0. The number of hydrogen-bond acceptors (Lipinski definition) is 6. The molecule has 0 bridgehead atoms. The first-order valence-corrected chi connectivity index (χ1v) is 13.4. The average Bonchev–Trinajstić information content (AvgIpc) is 3.59. The first kappa shape index (κ1) is 29.5. The number of carbonyl (C=O) groups excluding carboxylic acids is 1. The standard InChI is InChI=1S/C32H36O6.Na/c1-5-35-13-14-36-25-15-20(2)31(21(3)16-25)26-8-6-7-23(22(26)4)19-37-24-9-10-27-28(18-30(33)34)32(11-12-32)38-29(27)17-24;/h6-10,15-17,28H,5,11-14,18-19H2,1-4H3,(H,33,34);/q;+1/p-1. The van der Waals surface area contributed by atoms with Gasteiger partial charge in [-0.1, -0.05) is 24.3 Å². The molecule has 6 nitrogen and oxygen atoms in total. The number of aryl methyl sites for hydroxylation is 2. The minimum absolute atomic E-state index is 0. The quantitative estimate of drug-likeness (QED) is 0.276. The molecule has 1 unspecified atom stereocenters. The predicted molar refractivity (Wildman–Crippen MR) is 144 cm³/mol. The summed E-state index contributed by atoms with van der Waals surface area (Å²) in [5, 5.41) is 11.3. The van der Waals surface area contributed by atoms with Crippen LogP contribution in [0.1, 0.15) is 59.9 Å².